The van der Waals surface area contributed by atoms with E-state index >= 15 is 0 Å². The van der Waals surface area contributed by atoms with Crippen molar-refractivity contribution in [3.8, 4) is 11.4 Å². The number of amides is 1. The minimum absolute atomic E-state index is 0.0208. The number of carbonyl (C=O) groups excluding carboxylic acids is 1. The monoisotopic (exact) mass is 375 g/mol. The molecule has 0 aliphatic heterocycles. The average Bonchev–Trinajstić information content (AvgIpc) is 3.09. The summed E-state index contributed by atoms with van der Waals surface area (Å²) in [5, 5.41) is 14.2. The van der Waals surface area contributed by atoms with Gasteiger partial charge in [0, 0.05) is 12.1 Å². The molecule has 3 aromatic rings. The molecule has 2 aromatic carbocycles. The molecule has 0 saturated heterocycles. The Labute approximate surface area is 153 Å². The Kier molecular flexibility index (Phi) is 5.20. The number of tetrazole rings is 1. The Morgan fingerprint density at radius 2 is 1.89 bits per heavy atom. The molecule has 0 fully saturated rings. The Morgan fingerprint density at radius 3 is 2.59 bits per heavy atom. The summed E-state index contributed by atoms with van der Waals surface area (Å²) in [5.41, 5.74) is 1.45. The van der Waals surface area contributed by atoms with Crippen molar-refractivity contribution in [2.24, 2.45) is 0 Å². The van der Waals surface area contributed by atoms with Gasteiger partial charge in [-0.3, -0.25) is 4.79 Å². The maximum Gasteiger partial charge on any atom is 0.416 e. The molecule has 0 unspecified atom stereocenters. The second-order valence-electron chi connectivity index (χ2n) is 5.98. The molecular formula is C18H16F3N5O. The van der Waals surface area contributed by atoms with Gasteiger partial charge >= 0.3 is 6.18 Å². The number of aromatic nitrogens is 4. The lowest BCUT2D eigenvalue weighted by molar-refractivity contribution is -0.137. The lowest BCUT2D eigenvalue weighted by atomic mass is 10.1. The van der Waals surface area contributed by atoms with Crippen LogP contribution in [0.15, 0.2) is 48.5 Å². The number of aryl methyl sites for hydroxylation is 1. The number of hydrogen-bond acceptors (Lipinski definition) is 4. The quantitative estimate of drug-likeness (QED) is 0.744. The summed E-state index contributed by atoms with van der Waals surface area (Å²) in [4.78, 5) is 13.0. The number of hydrogen-bond donors (Lipinski definition) is 1. The van der Waals surface area contributed by atoms with Crippen molar-refractivity contribution in [2.45, 2.75) is 26.2 Å². The molecule has 1 aromatic heterocycles. The minimum atomic E-state index is -4.46. The number of benzene rings is 2. The molecule has 0 atom stereocenters. The second kappa shape index (κ2) is 7.56. The number of carbonyl (C=O) groups is 1. The Balaban J connectivity index is 1.62. The van der Waals surface area contributed by atoms with Crippen molar-refractivity contribution < 1.29 is 18.0 Å². The van der Waals surface area contributed by atoms with E-state index in [1.54, 1.807) is 0 Å². The predicted molar refractivity (Wildman–Crippen MR) is 91.3 cm³/mol. The van der Waals surface area contributed by atoms with Gasteiger partial charge in [0.05, 0.1) is 5.56 Å². The fraction of sp³-hybridized carbons (Fsp3) is 0.222. The summed E-state index contributed by atoms with van der Waals surface area (Å²) >= 11 is 0. The zero-order valence-corrected chi connectivity index (χ0v) is 14.4. The largest absolute Gasteiger partial charge is 0.416 e. The molecule has 0 bridgehead atoms. The third-order valence-electron chi connectivity index (χ3n) is 3.80. The fourth-order valence-corrected chi connectivity index (χ4v) is 2.35. The van der Waals surface area contributed by atoms with Crippen LogP contribution in [0, 0.1) is 6.92 Å². The van der Waals surface area contributed by atoms with E-state index in [1.165, 1.54) is 12.1 Å². The molecule has 9 heteroatoms. The van der Waals surface area contributed by atoms with Gasteiger partial charge in [0.2, 0.25) is 11.7 Å². The van der Waals surface area contributed by atoms with E-state index in [9.17, 15) is 18.0 Å². The molecule has 1 N–H and O–H groups in total. The van der Waals surface area contributed by atoms with Gasteiger partial charge in [-0.15, -0.1) is 10.2 Å². The standard InChI is InChI=1S/C18H16F3N5O/c1-12-5-7-13(8-6-12)10-22-16(27)11-26-24-17(23-25-26)14-3-2-4-15(9-14)18(19,20)21/h2-9H,10-11H2,1H3,(H,22,27). The molecule has 1 amide bonds. The van der Waals surface area contributed by atoms with Crippen molar-refractivity contribution in [3.63, 3.8) is 0 Å². The molecule has 3 rings (SSSR count). The van der Waals surface area contributed by atoms with Gasteiger partial charge in [-0.05, 0) is 29.8 Å². The highest BCUT2D eigenvalue weighted by atomic mass is 19.4. The zero-order chi connectivity index (χ0) is 19.4. The average molecular weight is 375 g/mol. The van der Waals surface area contributed by atoms with Crippen molar-refractivity contribution in [1.82, 2.24) is 25.5 Å². The first-order chi connectivity index (χ1) is 12.8. The van der Waals surface area contributed by atoms with Gasteiger partial charge in [0.15, 0.2) is 0 Å². The maximum absolute atomic E-state index is 12.8. The molecule has 1 heterocycles. The lowest BCUT2D eigenvalue weighted by Crippen LogP contribution is -2.28. The first-order valence-electron chi connectivity index (χ1n) is 8.09. The summed E-state index contributed by atoms with van der Waals surface area (Å²) in [7, 11) is 0. The molecule has 6 nitrogen and oxygen atoms in total. The summed E-state index contributed by atoms with van der Waals surface area (Å²) in [5.74, 6) is -0.309. The van der Waals surface area contributed by atoms with Crippen LogP contribution in [0.5, 0.6) is 0 Å². The van der Waals surface area contributed by atoms with Crippen LogP contribution >= 0.6 is 0 Å². The third-order valence-corrected chi connectivity index (χ3v) is 3.80. The molecular weight excluding hydrogens is 359 g/mol. The van der Waals surface area contributed by atoms with E-state index in [4.69, 9.17) is 0 Å². The van der Waals surface area contributed by atoms with Gasteiger partial charge in [-0.1, -0.05) is 42.0 Å². The fourth-order valence-electron chi connectivity index (χ4n) is 2.35. The topological polar surface area (TPSA) is 72.7 Å². The van der Waals surface area contributed by atoms with Gasteiger partial charge in [-0.2, -0.15) is 18.0 Å². The zero-order valence-electron chi connectivity index (χ0n) is 14.4. The summed E-state index contributed by atoms with van der Waals surface area (Å²) in [6, 6.07) is 12.3. The smallest absolute Gasteiger partial charge is 0.350 e. The van der Waals surface area contributed by atoms with Crippen LogP contribution < -0.4 is 5.32 Å². The first-order valence-corrected chi connectivity index (χ1v) is 8.09. The van der Waals surface area contributed by atoms with Gasteiger partial charge in [-0.25, -0.2) is 0 Å². The van der Waals surface area contributed by atoms with E-state index in [0.717, 1.165) is 28.1 Å². The summed E-state index contributed by atoms with van der Waals surface area (Å²) in [6.07, 6.45) is -4.46. The molecule has 0 aliphatic rings. The van der Waals surface area contributed by atoms with Crippen LogP contribution in [-0.2, 0) is 24.1 Å². The van der Waals surface area contributed by atoms with E-state index < -0.39 is 11.7 Å². The molecule has 0 spiro atoms. The van der Waals surface area contributed by atoms with Crippen LogP contribution in [0.3, 0.4) is 0 Å². The van der Waals surface area contributed by atoms with E-state index in [-0.39, 0.29) is 23.8 Å². The molecule has 140 valence electrons. The molecule has 0 radical (unpaired) electrons. The second-order valence-corrected chi connectivity index (χ2v) is 5.98. The van der Waals surface area contributed by atoms with Crippen LogP contribution in [0.1, 0.15) is 16.7 Å². The van der Waals surface area contributed by atoms with Gasteiger partial charge < -0.3 is 5.32 Å². The molecule has 0 saturated carbocycles. The number of nitrogens with one attached hydrogen (secondary N) is 1. The third kappa shape index (κ3) is 4.90. The van der Waals surface area contributed by atoms with Crippen molar-refractivity contribution in [1.29, 1.82) is 0 Å². The van der Waals surface area contributed by atoms with Crippen LogP contribution in [0.25, 0.3) is 11.4 Å². The maximum atomic E-state index is 12.8. The van der Waals surface area contributed by atoms with E-state index in [2.05, 4.69) is 20.7 Å². The number of rotatable bonds is 5. The Morgan fingerprint density at radius 1 is 1.15 bits per heavy atom. The Bertz CT molecular complexity index is 935. The highest BCUT2D eigenvalue weighted by Crippen LogP contribution is 2.31. The summed E-state index contributed by atoms with van der Waals surface area (Å²) in [6.45, 7) is 2.15. The SMILES string of the molecule is Cc1ccc(CNC(=O)Cn2nnc(-c3cccc(C(F)(F)F)c3)n2)cc1. The van der Waals surface area contributed by atoms with E-state index in [0.29, 0.717) is 6.54 Å². The summed E-state index contributed by atoms with van der Waals surface area (Å²) < 4.78 is 38.4. The predicted octanol–water partition coefficient (Wildman–Crippen LogP) is 2.98. The minimum Gasteiger partial charge on any atom is -0.350 e. The number of nitrogens with zero attached hydrogens (tertiary/aromatic N) is 4. The lowest BCUT2D eigenvalue weighted by Gasteiger charge is -2.06. The van der Waals surface area contributed by atoms with Crippen LogP contribution in [0.4, 0.5) is 13.2 Å². The number of halogens is 3. The van der Waals surface area contributed by atoms with Gasteiger partial charge in [0.1, 0.15) is 6.54 Å². The molecule has 27 heavy (non-hydrogen) atoms. The Hall–Kier alpha value is -3.23. The van der Waals surface area contributed by atoms with Crippen LogP contribution in [0.2, 0.25) is 0 Å². The first kappa shape index (κ1) is 18.6. The van der Waals surface area contributed by atoms with Crippen molar-refractivity contribution >= 4 is 5.91 Å². The number of alkyl halides is 3. The molecule has 0 aliphatic carbocycles. The highest BCUT2D eigenvalue weighted by Gasteiger charge is 2.30. The normalized spacial score (nSPS) is 11.4. The van der Waals surface area contributed by atoms with Crippen molar-refractivity contribution in [3.05, 3.63) is 65.2 Å². The van der Waals surface area contributed by atoms with Gasteiger partial charge in [0.25, 0.3) is 0 Å². The highest BCUT2D eigenvalue weighted by molar-refractivity contribution is 5.75. The van der Waals surface area contributed by atoms with Crippen LogP contribution in [-0.4, -0.2) is 26.1 Å². The van der Waals surface area contributed by atoms with E-state index in [1.807, 2.05) is 31.2 Å². The van der Waals surface area contributed by atoms with Crippen molar-refractivity contribution in [2.75, 3.05) is 0 Å².